The highest BCUT2D eigenvalue weighted by Crippen LogP contribution is 2.21. The topological polar surface area (TPSA) is 79.2 Å². The fourth-order valence-electron chi connectivity index (χ4n) is 2.97. The molecular formula is C17H20N6O. The van der Waals surface area contributed by atoms with E-state index in [1.165, 1.54) is 5.69 Å². The summed E-state index contributed by atoms with van der Waals surface area (Å²) in [5.41, 5.74) is 3.48. The lowest BCUT2D eigenvalue weighted by molar-refractivity contribution is -0.783. The molecule has 124 valence electrons. The average Bonchev–Trinajstić information content (AvgIpc) is 2.63. The molecule has 2 aliphatic rings. The van der Waals surface area contributed by atoms with Crippen LogP contribution in [0.4, 0.5) is 22.7 Å². The number of anilines is 3. The zero-order valence-electron chi connectivity index (χ0n) is 13.2. The highest BCUT2D eigenvalue weighted by atomic mass is 16.5. The monoisotopic (exact) mass is 324 g/mol. The van der Waals surface area contributed by atoms with E-state index >= 15 is 0 Å². The minimum Gasteiger partial charge on any atom is -0.601 e. The quantitative estimate of drug-likeness (QED) is 0.618. The Labute approximate surface area is 140 Å². The van der Waals surface area contributed by atoms with E-state index in [4.69, 9.17) is 0 Å². The summed E-state index contributed by atoms with van der Waals surface area (Å²) in [5, 5.41) is 25.6. The number of fused-ring (bicyclic) bond motifs is 1. The summed E-state index contributed by atoms with van der Waals surface area (Å²) >= 11 is 0. The molecule has 1 atom stereocenters. The van der Waals surface area contributed by atoms with Crippen molar-refractivity contribution in [3.63, 3.8) is 0 Å². The number of benzene rings is 2. The molecule has 24 heavy (non-hydrogen) atoms. The van der Waals surface area contributed by atoms with Crippen molar-refractivity contribution in [2.24, 2.45) is 5.10 Å². The van der Waals surface area contributed by atoms with E-state index in [1.54, 1.807) is 6.07 Å². The number of para-hydroxylation sites is 1. The second kappa shape index (κ2) is 6.48. The molecule has 0 spiro atoms. The predicted octanol–water partition coefficient (Wildman–Crippen LogP) is 0.919. The fraction of sp³-hybridized carbons (Fsp3) is 0.235. The van der Waals surface area contributed by atoms with E-state index < -0.39 is 0 Å². The Morgan fingerprint density at radius 1 is 1.04 bits per heavy atom. The minimum atomic E-state index is -0.232. The largest absolute Gasteiger partial charge is 0.601 e. The summed E-state index contributed by atoms with van der Waals surface area (Å²) < 4.78 is 0. The molecule has 2 heterocycles. The van der Waals surface area contributed by atoms with Gasteiger partial charge in [-0.05, 0) is 35.4 Å². The second-order valence-electron chi connectivity index (χ2n) is 5.85. The van der Waals surface area contributed by atoms with Gasteiger partial charge >= 0.3 is 0 Å². The predicted molar refractivity (Wildman–Crippen MR) is 96.6 cm³/mol. The molecule has 1 unspecified atom stereocenters. The van der Waals surface area contributed by atoms with E-state index in [1.807, 2.05) is 30.3 Å². The molecule has 0 aromatic heterocycles. The first-order valence-electron chi connectivity index (χ1n) is 8.11. The van der Waals surface area contributed by atoms with Crippen molar-refractivity contribution in [2.45, 2.75) is 0 Å². The normalized spacial score (nSPS) is 20.0. The van der Waals surface area contributed by atoms with Crippen LogP contribution in [0.15, 0.2) is 53.6 Å². The lowest BCUT2D eigenvalue weighted by Crippen LogP contribution is -2.98. The van der Waals surface area contributed by atoms with E-state index in [9.17, 15) is 5.21 Å². The van der Waals surface area contributed by atoms with E-state index in [-0.39, 0.29) is 5.17 Å². The van der Waals surface area contributed by atoms with E-state index in [2.05, 4.69) is 38.1 Å². The zero-order chi connectivity index (χ0) is 16.4. The van der Waals surface area contributed by atoms with Gasteiger partial charge in [0.1, 0.15) is 5.69 Å². The number of nitrogens with one attached hydrogen (secondary N) is 4. The average molecular weight is 324 g/mol. The number of nitrogens with zero attached hydrogens (tertiary/aromatic N) is 2. The molecule has 0 amide bonds. The lowest BCUT2D eigenvalue weighted by Gasteiger charge is -2.29. The number of rotatable bonds is 2. The van der Waals surface area contributed by atoms with Gasteiger partial charge in [-0.25, -0.2) is 5.17 Å². The third-order valence-electron chi connectivity index (χ3n) is 4.24. The molecule has 0 aliphatic carbocycles. The Kier molecular flexibility index (Phi) is 4.04. The van der Waals surface area contributed by atoms with Gasteiger partial charge in [0.15, 0.2) is 5.69 Å². The zero-order valence-corrected chi connectivity index (χ0v) is 13.2. The standard InChI is InChI=1S/C17H20N6O/c24-23-16-4-2-1-3-15(16)20-17(21-23)19-13-5-7-14(8-6-13)22-11-9-18-10-12-22/h1-8,18,23H,9-12H2,(H2,19,20,21). The maximum absolute atomic E-state index is 12.1. The molecule has 4 N–H and O–H groups in total. The first-order valence-corrected chi connectivity index (χ1v) is 8.11. The second-order valence-corrected chi connectivity index (χ2v) is 5.85. The number of piperazine rings is 1. The van der Waals surface area contributed by atoms with Gasteiger partial charge in [0, 0.05) is 43.6 Å². The highest BCUT2D eigenvalue weighted by molar-refractivity contribution is 6.05. The fourth-order valence-corrected chi connectivity index (χ4v) is 2.97. The molecule has 7 heteroatoms. The van der Waals surface area contributed by atoms with Crippen LogP contribution < -0.4 is 26.0 Å². The first kappa shape index (κ1) is 14.9. The van der Waals surface area contributed by atoms with Gasteiger partial charge in [-0.2, -0.15) is 0 Å². The minimum absolute atomic E-state index is 0.232. The van der Waals surface area contributed by atoms with Crippen molar-refractivity contribution < 1.29 is 5.17 Å². The summed E-state index contributed by atoms with van der Waals surface area (Å²) in [7, 11) is 0. The van der Waals surface area contributed by atoms with Crippen molar-refractivity contribution in [2.75, 3.05) is 41.7 Å². The van der Waals surface area contributed by atoms with Crippen LogP contribution in [0.1, 0.15) is 0 Å². The Morgan fingerprint density at radius 2 is 1.79 bits per heavy atom. The third-order valence-corrected chi connectivity index (χ3v) is 4.24. The van der Waals surface area contributed by atoms with Gasteiger partial charge in [-0.3, -0.25) is 0 Å². The van der Waals surface area contributed by atoms with Crippen LogP contribution >= 0.6 is 0 Å². The Hall–Kier alpha value is -2.61. The molecule has 1 saturated heterocycles. The number of guanidine groups is 1. The van der Waals surface area contributed by atoms with Crippen LogP contribution in [0.2, 0.25) is 0 Å². The molecule has 0 radical (unpaired) electrons. The van der Waals surface area contributed by atoms with Crippen LogP contribution in [-0.2, 0) is 0 Å². The molecule has 2 aromatic carbocycles. The van der Waals surface area contributed by atoms with Crippen LogP contribution in [0, 0.1) is 5.21 Å². The van der Waals surface area contributed by atoms with Crippen molar-refractivity contribution in [3.05, 3.63) is 53.7 Å². The van der Waals surface area contributed by atoms with Crippen LogP contribution in [-0.4, -0.2) is 32.1 Å². The summed E-state index contributed by atoms with van der Waals surface area (Å²) in [6.07, 6.45) is 0. The maximum atomic E-state index is 12.1. The van der Waals surface area contributed by atoms with Gasteiger partial charge in [-0.15, -0.1) is 0 Å². The van der Waals surface area contributed by atoms with E-state index in [0.29, 0.717) is 11.6 Å². The molecular weight excluding hydrogens is 304 g/mol. The maximum Gasteiger partial charge on any atom is 0.260 e. The van der Waals surface area contributed by atoms with Crippen LogP contribution in [0.5, 0.6) is 0 Å². The van der Waals surface area contributed by atoms with Crippen molar-refractivity contribution >= 4 is 28.7 Å². The molecule has 1 fully saturated rings. The van der Waals surface area contributed by atoms with Gasteiger partial charge in [0.2, 0.25) is 0 Å². The van der Waals surface area contributed by atoms with Gasteiger partial charge in [0.05, 0.1) is 0 Å². The number of hydrogen-bond donors (Lipinski definition) is 4. The summed E-state index contributed by atoms with van der Waals surface area (Å²) in [6.45, 7) is 4.07. The molecule has 4 rings (SSSR count). The van der Waals surface area contributed by atoms with E-state index in [0.717, 1.165) is 37.6 Å². The molecule has 0 saturated carbocycles. The molecule has 7 nitrogen and oxygen atoms in total. The Morgan fingerprint density at radius 3 is 2.58 bits per heavy atom. The summed E-state index contributed by atoms with van der Waals surface area (Å²) in [6, 6.07) is 15.6. The molecule has 2 aromatic rings. The van der Waals surface area contributed by atoms with Crippen LogP contribution in [0.3, 0.4) is 0 Å². The smallest absolute Gasteiger partial charge is 0.260 e. The Balaban J connectivity index is 1.46. The van der Waals surface area contributed by atoms with Gasteiger partial charge in [0.25, 0.3) is 5.96 Å². The lowest BCUT2D eigenvalue weighted by atomic mass is 10.2. The van der Waals surface area contributed by atoms with Gasteiger partial charge in [-0.1, -0.05) is 12.1 Å². The number of hydrogen-bond acceptors (Lipinski definition) is 6. The molecule has 2 aliphatic heterocycles. The Bertz CT molecular complexity index is 739. The van der Waals surface area contributed by atoms with Crippen molar-refractivity contribution in [1.29, 1.82) is 0 Å². The highest BCUT2D eigenvalue weighted by Gasteiger charge is 2.18. The molecule has 0 bridgehead atoms. The first-order chi connectivity index (χ1) is 11.8. The number of quaternary nitrogens is 1. The third kappa shape index (κ3) is 3.05. The summed E-state index contributed by atoms with van der Waals surface area (Å²) in [5.74, 6) is 0.452. The SMILES string of the molecule is [O-][NH+]1N=C(Nc2ccc(N3CCNCC3)cc2)Nc2ccccc21. The van der Waals surface area contributed by atoms with Crippen molar-refractivity contribution in [1.82, 2.24) is 5.32 Å². The van der Waals surface area contributed by atoms with Gasteiger partial charge < -0.3 is 26.1 Å². The summed E-state index contributed by atoms with van der Waals surface area (Å²) in [4.78, 5) is 2.36. The van der Waals surface area contributed by atoms with Crippen molar-refractivity contribution in [3.8, 4) is 0 Å². The van der Waals surface area contributed by atoms with Crippen LogP contribution in [0.25, 0.3) is 0 Å².